The van der Waals surface area contributed by atoms with Crippen molar-refractivity contribution in [3.05, 3.63) is 29.1 Å². The van der Waals surface area contributed by atoms with Crippen molar-refractivity contribution < 1.29 is 13.2 Å². The fourth-order valence-electron chi connectivity index (χ4n) is 2.24. The number of rotatable bonds is 2. The summed E-state index contributed by atoms with van der Waals surface area (Å²) in [5.41, 5.74) is 0.673. The van der Waals surface area contributed by atoms with E-state index in [1.54, 1.807) is 0 Å². The molecule has 1 aliphatic rings. The van der Waals surface area contributed by atoms with E-state index in [-0.39, 0.29) is 5.69 Å². The van der Waals surface area contributed by atoms with Crippen molar-refractivity contribution in [1.29, 1.82) is 0 Å². The molecule has 0 spiro atoms. The first-order chi connectivity index (χ1) is 7.63. The predicted octanol–water partition coefficient (Wildman–Crippen LogP) is 3.49. The molecule has 1 aromatic carbocycles. The van der Waals surface area contributed by atoms with Crippen molar-refractivity contribution in [2.45, 2.75) is 26.2 Å². The zero-order valence-electron chi connectivity index (χ0n) is 9.12. The standard InChI is InChI=1S/C12H14F3N/c1-2-3-7-4-8-5-9(13)10(14)11(15)12(8)16-6-7/h5,7,16H,2-4,6H2,1H3. The molecule has 0 bridgehead atoms. The molecule has 0 radical (unpaired) electrons. The zero-order valence-corrected chi connectivity index (χ0v) is 9.12. The maximum Gasteiger partial charge on any atom is 0.196 e. The van der Waals surface area contributed by atoms with Crippen molar-refractivity contribution in [2.75, 3.05) is 11.9 Å². The summed E-state index contributed by atoms with van der Waals surface area (Å²) in [6.45, 7) is 2.70. The maximum atomic E-state index is 13.4. The second-order valence-corrected chi connectivity index (χ2v) is 4.26. The summed E-state index contributed by atoms with van der Waals surface area (Å²) < 4.78 is 39.4. The summed E-state index contributed by atoms with van der Waals surface area (Å²) in [5.74, 6) is -3.21. The lowest BCUT2D eigenvalue weighted by molar-refractivity contribution is 0.434. The van der Waals surface area contributed by atoms with Gasteiger partial charge in [0.25, 0.3) is 0 Å². The van der Waals surface area contributed by atoms with Crippen LogP contribution in [-0.2, 0) is 6.42 Å². The van der Waals surface area contributed by atoms with Gasteiger partial charge in [0.2, 0.25) is 0 Å². The van der Waals surface area contributed by atoms with E-state index in [4.69, 9.17) is 0 Å². The van der Waals surface area contributed by atoms with Crippen LogP contribution in [0.2, 0.25) is 0 Å². The summed E-state index contributed by atoms with van der Waals surface area (Å²) in [4.78, 5) is 0. The van der Waals surface area contributed by atoms with Gasteiger partial charge in [-0.15, -0.1) is 0 Å². The Morgan fingerprint density at radius 1 is 1.31 bits per heavy atom. The minimum atomic E-state index is -1.39. The molecule has 1 unspecified atom stereocenters. The van der Waals surface area contributed by atoms with Gasteiger partial charge in [-0.2, -0.15) is 0 Å². The van der Waals surface area contributed by atoms with Crippen LogP contribution in [0.3, 0.4) is 0 Å². The molecule has 2 rings (SSSR count). The molecule has 0 amide bonds. The third-order valence-corrected chi connectivity index (χ3v) is 3.02. The van der Waals surface area contributed by atoms with E-state index in [1.807, 2.05) is 0 Å². The number of hydrogen-bond donors (Lipinski definition) is 1. The number of nitrogens with one attached hydrogen (secondary N) is 1. The molecule has 1 heterocycles. The molecular formula is C12H14F3N. The second kappa shape index (κ2) is 4.36. The Morgan fingerprint density at radius 3 is 2.75 bits per heavy atom. The van der Waals surface area contributed by atoms with Crippen molar-refractivity contribution in [3.8, 4) is 0 Å². The molecule has 1 nitrogen and oxygen atoms in total. The van der Waals surface area contributed by atoms with Gasteiger partial charge in [-0.25, -0.2) is 13.2 Å². The molecule has 1 atom stereocenters. The van der Waals surface area contributed by atoms with Gasteiger partial charge in [0.1, 0.15) is 0 Å². The third kappa shape index (κ3) is 1.88. The highest BCUT2D eigenvalue weighted by atomic mass is 19.2. The third-order valence-electron chi connectivity index (χ3n) is 3.02. The van der Waals surface area contributed by atoms with Crippen LogP contribution in [-0.4, -0.2) is 6.54 Å². The molecule has 0 saturated carbocycles. The fourth-order valence-corrected chi connectivity index (χ4v) is 2.24. The summed E-state index contributed by atoms with van der Waals surface area (Å²) in [6, 6.07) is 1.10. The largest absolute Gasteiger partial charge is 0.382 e. The summed E-state index contributed by atoms with van der Waals surface area (Å²) >= 11 is 0. The van der Waals surface area contributed by atoms with Crippen LogP contribution in [0.25, 0.3) is 0 Å². The highest BCUT2D eigenvalue weighted by Gasteiger charge is 2.24. The molecule has 0 saturated heterocycles. The molecular weight excluding hydrogens is 215 g/mol. The van der Waals surface area contributed by atoms with Gasteiger partial charge in [0.05, 0.1) is 5.69 Å². The van der Waals surface area contributed by atoms with Crippen LogP contribution in [0.5, 0.6) is 0 Å². The quantitative estimate of drug-likeness (QED) is 0.765. The van der Waals surface area contributed by atoms with Crippen LogP contribution < -0.4 is 5.32 Å². The zero-order chi connectivity index (χ0) is 11.7. The molecule has 1 aliphatic heterocycles. The molecule has 16 heavy (non-hydrogen) atoms. The lowest BCUT2D eigenvalue weighted by atomic mass is 9.90. The monoisotopic (exact) mass is 229 g/mol. The first-order valence-electron chi connectivity index (χ1n) is 5.53. The van der Waals surface area contributed by atoms with E-state index in [1.165, 1.54) is 0 Å². The normalized spacial score (nSPS) is 19.1. The SMILES string of the molecule is CCCC1CNc2c(cc(F)c(F)c2F)C1. The first-order valence-corrected chi connectivity index (χ1v) is 5.53. The van der Waals surface area contributed by atoms with Gasteiger partial charge in [0, 0.05) is 6.54 Å². The van der Waals surface area contributed by atoms with E-state index >= 15 is 0 Å². The van der Waals surface area contributed by atoms with Gasteiger partial charge in [-0.3, -0.25) is 0 Å². The summed E-state index contributed by atoms with van der Waals surface area (Å²) in [5, 5.41) is 2.85. The molecule has 88 valence electrons. The average Bonchev–Trinajstić information content (AvgIpc) is 2.26. The maximum absolute atomic E-state index is 13.4. The molecule has 1 N–H and O–H groups in total. The first kappa shape index (κ1) is 11.3. The van der Waals surface area contributed by atoms with E-state index in [0.717, 1.165) is 18.9 Å². The fraction of sp³-hybridized carbons (Fsp3) is 0.500. The van der Waals surface area contributed by atoms with Gasteiger partial charge in [-0.05, 0) is 30.4 Å². The Balaban J connectivity index is 2.32. The topological polar surface area (TPSA) is 12.0 Å². The minimum absolute atomic E-state index is 0.131. The number of benzene rings is 1. The van der Waals surface area contributed by atoms with Gasteiger partial charge >= 0.3 is 0 Å². The Hall–Kier alpha value is -1.19. The van der Waals surface area contributed by atoms with E-state index in [9.17, 15) is 13.2 Å². The van der Waals surface area contributed by atoms with Gasteiger partial charge in [0.15, 0.2) is 17.5 Å². The van der Waals surface area contributed by atoms with Crippen LogP contribution >= 0.6 is 0 Å². The Labute approximate surface area is 92.7 Å². The molecule has 1 aromatic rings. The molecule has 0 aliphatic carbocycles. The van der Waals surface area contributed by atoms with E-state index < -0.39 is 17.5 Å². The summed E-state index contributed by atoms with van der Waals surface area (Å²) in [7, 11) is 0. The predicted molar refractivity (Wildman–Crippen MR) is 56.9 cm³/mol. The van der Waals surface area contributed by atoms with Crippen molar-refractivity contribution >= 4 is 5.69 Å². The number of hydrogen-bond acceptors (Lipinski definition) is 1. The average molecular weight is 229 g/mol. The molecule has 4 heteroatoms. The van der Waals surface area contributed by atoms with Crippen molar-refractivity contribution in [2.24, 2.45) is 5.92 Å². The van der Waals surface area contributed by atoms with Crippen LogP contribution in [0.1, 0.15) is 25.3 Å². The van der Waals surface area contributed by atoms with E-state index in [2.05, 4.69) is 12.2 Å². The highest BCUT2D eigenvalue weighted by molar-refractivity contribution is 5.55. The van der Waals surface area contributed by atoms with Crippen molar-refractivity contribution in [3.63, 3.8) is 0 Å². The smallest absolute Gasteiger partial charge is 0.196 e. The van der Waals surface area contributed by atoms with Crippen molar-refractivity contribution in [1.82, 2.24) is 0 Å². The van der Waals surface area contributed by atoms with Crippen LogP contribution in [0, 0.1) is 23.4 Å². The lowest BCUT2D eigenvalue weighted by Crippen LogP contribution is -2.24. The minimum Gasteiger partial charge on any atom is -0.382 e. The van der Waals surface area contributed by atoms with Gasteiger partial charge in [-0.1, -0.05) is 13.3 Å². The van der Waals surface area contributed by atoms with Crippen LogP contribution in [0.4, 0.5) is 18.9 Å². The number of halogens is 3. The summed E-state index contributed by atoms with van der Waals surface area (Å²) in [6.07, 6.45) is 2.66. The Morgan fingerprint density at radius 2 is 2.06 bits per heavy atom. The second-order valence-electron chi connectivity index (χ2n) is 4.26. The highest BCUT2D eigenvalue weighted by Crippen LogP contribution is 2.31. The van der Waals surface area contributed by atoms with Gasteiger partial charge < -0.3 is 5.32 Å². The van der Waals surface area contributed by atoms with Crippen LogP contribution in [0.15, 0.2) is 6.07 Å². The Bertz CT molecular complexity index is 404. The molecule has 0 aromatic heterocycles. The number of fused-ring (bicyclic) bond motifs is 1. The Kier molecular flexibility index (Phi) is 3.08. The number of anilines is 1. The molecule has 0 fully saturated rings. The lowest BCUT2D eigenvalue weighted by Gasteiger charge is -2.26. The van der Waals surface area contributed by atoms with E-state index in [0.29, 0.717) is 24.4 Å².